The van der Waals surface area contributed by atoms with Crippen LogP contribution in [0.15, 0.2) is 30.3 Å². The number of alkyl halides is 3. The Labute approximate surface area is 223 Å². The molecule has 0 spiro atoms. The Morgan fingerprint density at radius 3 is 2.51 bits per heavy atom. The molecule has 5 rings (SSSR count). The van der Waals surface area contributed by atoms with Gasteiger partial charge in [-0.05, 0) is 56.9 Å². The lowest BCUT2D eigenvalue weighted by atomic mass is 10.1. The number of rotatable bonds is 8. The van der Waals surface area contributed by atoms with Gasteiger partial charge in [0.05, 0.1) is 36.7 Å². The minimum atomic E-state index is -4.83. The molecule has 1 saturated heterocycles. The maximum atomic E-state index is 13.4. The Morgan fingerprint density at radius 1 is 1.23 bits per heavy atom. The van der Waals surface area contributed by atoms with Gasteiger partial charge >= 0.3 is 12.2 Å². The molecular formula is C25H30F3N5O5S. The molecule has 2 aliphatic carbocycles. The van der Waals surface area contributed by atoms with E-state index in [4.69, 9.17) is 19.8 Å². The number of carbonyl (C=O) groups excluding carboxylic acids is 1. The van der Waals surface area contributed by atoms with Crippen LogP contribution in [0, 0.1) is 0 Å². The molecule has 2 saturated carbocycles. The Balaban J connectivity index is 1.40. The predicted octanol–water partition coefficient (Wildman–Crippen LogP) is 2.98. The van der Waals surface area contributed by atoms with E-state index in [2.05, 4.69) is 10.2 Å². The highest BCUT2D eigenvalue weighted by Gasteiger charge is 2.61. The monoisotopic (exact) mass is 569 g/mol. The van der Waals surface area contributed by atoms with Crippen molar-refractivity contribution >= 4 is 27.4 Å². The Morgan fingerprint density at radius 2 is 1.92 bits per heavy atom. The number of hydrogen-bond acceptors (Lipinski definition) is 8. The summed E-state index contributed by atoms with van der Waals surface area (Å²) >= 11 is 0. The van der Waals surface area contributed by atoms with Gasteiger partial charge in [-0.25, -0.2) is 23.2 Å². The number of aliphatic hydroxyl groups is 1. The fraction of sp³-hybridized carbons (Fsp3) is 0.560. The van der Waals surface area contributed by atoms with Gasteiger partial charge in [0.2, 0.25) is 0 Å². The highest BCUT2D eigenvalue weighted by Crippen LogP contribution is 2.57. The van der Waals surface area contributed by atoms with Crippen LogP contribution in [0.4, 0.5) is 29.5 Å². The largest absolute Gasteiger partial charge is 0.416 e. The zero-order valence-electron chi connectivity index (χ0n) is 21.2. The van der Waals surface area contributed by atoms with Crippen molar-refractivity contribution in [3.63, 3.8) is 0 Å². The van der Waals surface area contributed by atoms with Crippen LogP contribution < -0.4 is 15.5 Å². The molecule has 2 heterocycles. The zero-order valence-corrected chi connectivity index (χ0v) is 22.1. The molecule has 3 fully saturated rings. The number of aliphatic hydroxyl groups excluding tert-OH is 1. The molecule has 0 bridgehead atoms. The first-order valence-electron chi connectivity index (χ1n) is 12.8. The van der Waals surface area contributed by atoms with Crippen molar-refractivity contribution in [2.24, 2.45) is 0 Å². The van der Waals surface area contributed by atoms with Crippen LogP contribution in [0.2, 0.25) is 0 Å². The molecule has 2 atom stereocenters. The van der Waals surface area contributed by atoms with Crippen molar-refractivity contribution in [3.05, 3.63) is 36.0 Å². The summed E-state index contributed by atoms with van der Waals surface area (Å²) in [6, 6.07) is 7.26. The summed E-state index contributed by atoms with van der Waals surface area (Å²) in [6.45, 7) is 2.66. The van der Waals surface area contributed by atoms with Crippen molar-refractivity contribution < 1.29 is 36.2 Å². The lowest BCUT2D eigenvalue weighted by Gasteiger charge is -2.34. The summed E-state index contributed by atoms with van der Waals surface area (Å²) in [4.78, 5) is 23.5. The molecule has 1 aromatic carbocycles. The summed E-state index contributed by atoms with van der Waals surface area (Å²) in [7, 11) is -3.38. The average Bonchev–Trinajstić information content (AvgIpc) is 3.80. The number of hydrogen-bond donors (Lipinski definition) is 3. The number of nitrogens with zero attached hydrogens (tertiary/aromatic N) is 3. The van der Waals surface area contributed by atoms with Gasteiger partial charge in [0, 0.05) is 23.9 Å². The summed E-state index contributed by atoms with van der Waals surface area (Å²) in [5.41, 5.74) is 1.36. The first kappa shape index (κ1) is 27.6. The van der Waals surface area contributed by atoms with Crippen LogP contribution in [-0.4, -0.2) is 79.4 Å². The number of morpholine rings is 1. The van der Waals surface area contributed by atoms with E-state index in [0.717, 1.165) is 0 Å². The van der Waals surface area contributed by atoms with E-state index in [1.165, 1.54) is 12.1 Å². The van der Waals surface area contributed by atoms with Crippen LogP contribution in [0.1, 0.15) is 38.3 Å². The third-order valence-corrected chi connectivity index (χ3v) is 10.3. The number of ether oxygens (including phenoxy) is 1. The molecule has 10 nitrogen and oxygen atoms in total. The van der Waals surface area contributed by atoms with E-state index in [0.29, 0.717) is 74.0 Å². The van der Waals surface area contributed by atoms with Crippen molar-refractivity contribution in [1.29, 1.82) is 0 Å². The van der Waals surface area contributed by atoms with Gasteiger partial charge in [0.25, 0.3) is 0 Å². The van der Waals surface area contributed by atoms with Crippen LogP contribution in [-0.2, 0) is 19.3 Å². The smallest absolute Gasteiger partial charge is 0.382 e. The standard InChI is InChI=1S/C25H30F3N5O5S/c1-15-14-38-11-10-33(15)21-12-19(24(8-9-24)39(36,37)18-6-7-18)31-22(32-21)16-2-4-17(5-3-16)30-23(35)29-13-20(34)25(26,27)28/h2-5,12,15,18,20,34H,6-11,13-14H2,1H3,(H2,29,30,35)/t15-,20?/m0/s1. The van der Waals surface area contributed by atoms with Crippen molar-refractivity contribution in [3.8, 4) is 11.4 Å². The second-order valence-corrected chi connectivity index (χ2v) is 12.8. The molecule has 2 aromatic rings. The Hall–Kier alpha value is -2.97. The molecule has 2 amide bonds. The number of halogens is 3. The Bertz CT molecular complexity index is 1330. The molecule has 3 N–H and O–H groups in total. The first-order valence-corrected chi connectivity index (χ1v) is 14.3. The highest BCUT2D eigenvalue weighted by atomic mass is 32.2. The van der Waals surface area contributed by atoms with Crippen LogP contribution in [0.25, 0.3) is 11.4 Å². The number of anilines is 2. The summed E-state index contributed by atoms with van der Waals surface area (Å²) in [6.07, 6.45) is -5.13. The van der Waals surface area contributed by atoms with Crippen molar-refractivity contribution in [2.75, 3.05) is 36.5 Å². The topological polar surface area (TPSA) is 134 Å². The maximum absolute atomic E-state index is 13.4. The summed E-state index contributed by atoms with van der Waals surface area (Å²) in [5, 5.41) is 13.1. The lowest BCUT2D eigenvalue weighted by Crippen LogP contribution is -2.44. The second kappa shape index (κ2) is 10.2. The van der Waals surface area contributed by atoms with Gasteiger partial charge in [-0.1, -0.05) is 0 Å². The van der Waals surface area contributed by atoms with Gasteiger partial charge < -0.3 is 25.4 Å². The van der Waals surface area contributed by atoms with Crippen LogP contribution >= 0.6 is 0 Å². The maximum Gasteiger partial charge on any atom is 0.416 e. The van der Waals surface area contributed by atoms with E-state index in [9.17, 15) is 26.4 Å². The van der Waals surface area contributed by atoms with Crippen LogP contribution in [0.3, 0.4) is 0 Å². The van der Waals surface area contributed by atoms with E-state index >= 15 is 0 Å². The van der Waals surface area contributed by atoms with Crippen molar-refractivity contribution in [1.82, 2.24) is 15.3 Å². The minimum absolute atomic E-state index is 0.0329. The fourth-order valence-corrected chi connectivity index (χ4v) is 7.15. The third kappa shape index (κ3) is 5.68. The normalized spacial score (nSPS) is 21.8. The SMILES string of the molecule is C[C@H]1COCCN1c1cc(C2(S(=O)(=O)C3CC3)CC2)nc(-c2ccc(NC(=O)NCC(O)C(F)(F)F)cc2)n1. The minimum Gasteiger partial charge on any atom is -0.382 e. The molecule has 0 radical (unpaired) electrons. The van der Waals surface area contributed by atoms with E-state index in [-0.39, 0.29) is 11.3 Å². The summed E-state index contributed by atoms with van der Waals surface area (Å²) in [5.74, 6) is 0.954. The number of benzene rings is 1. The van der Waals surface area contributed by atoms with Gasteiger partial charge in [-0.2, -0.15) is 13.2 Å². The predicted molar refractivity (Wildman–Crippen MR) is 137 cm³/mol. The van der Waals surface area contributed by atoms with Gasteiger partial charge in [0.15, 0.2) is 21.8 Å². The molecule has 1 aliphatic heterocycles. The number of carbonyl (C=O) groups is 1. The average molecular weight is 570 g/mol. The van der Waals surface area contributed by atoms with Crippen LogP contribution in [0.5, 0.6) is 0 Å². The van der Waals surface area contributed by atoms with E-state index in [1.54, 1.807) is 18.2 Å². The third-order valence-electron chi connectivity index (χ3n) is 7.29. The number of nitrogens with one attached hydrogen (secondary N) is 2. The Kier molecular flexibility index (Phi) is 7.22. The molecular weight excluding hydrogens is 539 g/mol. The summed E-state index contributed by atoms with van der Waals surface area (Å²) < 4.78 is 68.6. The number of urea groups is 1. The number of sulfone groups is 1. The molecule has 212 valence electrons. The molecule has 14 heteroatoms. The zero-order chi connectivity index (χ0) is 28.0. The highest BCUT2D eigenvalue weighted by molar-refractivity contribution is 7.93. The van der Waals surface area contributed by atoms with Gasteiger partial charge in [-0.3, -0.25) is 0 Å². The van der Waals surface area contributed by atoms with Gasteiger partial charge in [-0.15, -0.1) is 0 Å². The van der Waals surface area contributed by atoms with E-state index < -0.39 is 39.4 Å². The van der Waals surface area contributed by atoms with Gasteiger partial charge in [0.1, 0.15) is 10.6 Å². The quantitative estimate of drug-likeness (QED) is 0.442. The molecule has 1 unspecified atom stereocenters. The molecule has 1 aromatic heterocycles. The van der Waals surface area contributed by atoms with E-state index in [1.807, 2.05) is 12.2 Å². The fourth-order valence-electron chi connectivity index (χ4n) is 4.69. The molecule has 39 heavy (non-hydrogen) atoms. The lowest BCUT2D eigenvalue weighted by molar-refractivity contribution is -0.201. The van der Waals surface area contributed by atoms with Crippen molar-refractivity contribution in [2.45, 2.75) is 60.9 Å². The molecule has 3 aliphatic rings. The first-order chi connectivity index (χ1) is 18.4. The number of aromatic nitrogens is 2. The second-order valence-electron chi connectivity index (χ2n) is 10.3. The number of amides is 2.